The molecule has 1 aliphatic heterocycles. The molecule has 1 aromatic rings. The van der Waals surface area contributed by atoms with Gasteiger partial charge in [0.1, 0.15) is 0 Å². The quantitative estimate of drug-likeness (QED) is 0.412. The molecule has 0 bridgehead atoms. The average Bonchev–Trinajstić information content (AvgIpc) is 3.19. The molecule has 2 heterocycles. The molecule has 0 unspecified atom stereocenters. The van der Waals surface area contributed by atoms with Crippen molar-refractivity contribution in [3.05, 3.63) is 18.0 Å². The number of carbonyl (C=O) groups is 1. The molecule has 1 amide bonds. The molecule has 1 aromatic heterocycles. The molecule has 2 atom stereocenters. The second-order valence-electron chi connectivity index (χ2n) is 8.33. The number of amides is 1. The first-order chi connectivity index (χ1) is 11.7. The highest BCUT2D eigenvalue weighted by molar-refractivity contribution is 14.0. The summed E-state index contributed by atoms with van der Waals surface area (Å²) in [6.07, 6.45) is 6.73. The predicted octanol–water partition coefficient (Wildman–Crippen LogP) is 2.14. The summed E-state index contributed by atoms with van der Waals surface area (Å²) in [6.45, 7) is 6.79. The van der Waals surface area contributed by atoms with Gasteiger partial charge >= 0.3 is 0 Å². The molecule has 146 valence electrons. The Bertz CT molecular complexity index is 675. The highest BCUT2D eigenvalue weighted by Gasteiger charge is 2.45. The molecule has 1 saturated carbocycles. The SMILES string of the molecule is CN(C(N)=NC[C@@H]1CC(=O)N(C(C)(C)C)[C@H]1c1cnn(C)c1)C1CC1.I. The fraction of sp³-hybridized carbons (Fsp3) is 0.722. The van der Waals surface area contributed by atoms with Gasteiger partial charge < -0.3 is 15.5 Å². The van der Waals surface area contributed by atoms with Gasteiger partial charge in [-0.15, -0.1) is 24.0 Å². The number of aliphatic imine (C=N–C) groups is 1. The summed E-state index contributed by atoms with van der Waals surface area (Å²) in [5.74, 6) is 0.867. The van der Waals surface area contributed by atoms with Gasteiger partial charge in [0, 0.05) is 56.3 Å². The largest absolute Gasteiger partial charge is 0.370 e. The van der Waals surface area contributed by atoms with Gasteiger partial charge in [-0.3, -0.25) is 14.5 Å². The van der Waals surface area contributed by atoms with Crippen molar-refractivity contribution >= 4 is 35.8 Å². The summed E-state index contributed by atoms with van der Waals surface area (Å²) in [6, 6.07) is 0.526. The minimum Gasteiger partial charge on any atom is -0.370 e. The summed E-state index contributed by atoms with van der Waals surface area (Å²) in [5, 5.41) is 4.30. The maximum absolute atomic E-state index is 12.7. The highest BCUT2D eigenvalue weighted by atomic mass is 127. The molecule has 1 aliphatic carbocycles. The molecular formula is C18H31IN6O. The zero-order valence-electron chi connectivity index (χ0n) is 16.3. The summed E-state index contributed by atoms with van der Waals surface area (Å²) in [4.78, 5) is 21.4. The molecule has 7 nitrogen and oxygen atoms in total. The molecule has 1 saturated heterocycles. The Morgan fingerprint density at radius 3 is 2.58 bits per heavy atom. The molecule has 2 N–H and O–H groups in total. The van der Waals surface area contributed by atoms with Gasteiger partial charge in [-0.1, -0.05) is 0 Å². The third-order valence-corrected chi connectivity index (χ3v) is 5.16. The van der Waals surface area contributed by atoms with E-state index in [-0.39, 0.29) is 47.4 Å². The van der Waals surface area contributed by atoms with E-state index in [1.807, 2.05) is 31.4 Å². The lowest BCUT2D eigenvalue weighted by atomic mass is 9.93. The second-order valence-corrected chi connectivity index (χ2v) is 8.33. The van der Waals surface area contributed by atoms with Crippen LogP contribution in [-0.2, 0) is 11.8 Å². The maximum atomic E-state index is 12.7. The highest BCUT2D eigenvalue weighted by Crippen LogP contribution is 2.42. The van der Waals surface area contributed by atoms with Crippen LogP contribution in [0.3, 0.4) is 0 Å². The molecule has 0 aromatic carbocycles. The first-order valence-electron chi connectivity index (χ1n) is 9.02. The van der Waals surface area contributed by atoms with Gasteiger partial charge in [-0.05, 0) is 33.6 Å². The number of nitrogens with zero attached hydrogens (tertiary/aromatic N) is 5. The fourth-order valence-corrected chi connectivity index (χ4v) is 3.74. The Balaban J connectivity index is 0.00000243. The number of likely N-dealkylation sites (tertiary alicyclic amines) is 1. The second kappa shape index (κ2) is 7.74. The van der Waals surface area contributed by atoms with Crippen LogP contribution in [0.15, 0.2) is 17.4 Å². The lowest BCUT2D eigenvalue weighted by molar-refractivity contribution is -0.133. The van der Waals surface area contributed by atoms with Crippen molar-refractivity contribution in [2.24, 2.45) is 23.7 Å². The van der Waals surface area contributed by atoms with Crippen LogP contribution < -0.4 is 5.73 Å². The van der Waals surface area contributed by atoms with E-state index in [9.17, 15) is 4.79 Å². The molecule has 0 radical (unpaired) electrons. The molecular weight excluding hydrogens is 443 g/mol. The van der Waals surface area contributed by atoms with E-state index in [0.717, 1.165) is 5.56 Å². The van der Waals surface area contributed by atoms with Crippen molar-refractivity contribution in [1.29, 1.82) is 0 Å². The van der Waals surface area contributed by atoms with Gasteiger partial charge in [0.15, 0.2) is 5.96 Å². The zero-order chi connectivity index (χ0) is 18.4. The molecule has 26 heavy (non-hydrogen) atoms. The van der Waals surface area contributed by atoms with E-state index in [1.54, 1.807) is 4.68 Å². The maximum Gasteiger partial charge on any atom is 0.223 e. The van der Waals surface area contributed by atoms with Crippen molar-refractivity contribution in [2.75, 3.05) is 13.6 Å². The summed E-state index contributed by atoms with van der Waals surface area (Å²) in [5.41, 5.74) is 6.96. The van der Waals surface area contributed by atoms with Crippen LogP contribution in [-0.4, -0.2) is 56.6 Å². The number of aryl methyl sites for hydroxylation is 1. The smallest absolute Gasteiger partial charge is 0.223 e. The van der Waals surface area contributed by atoms with Gasteiger partial charge in [0.2, 0.25) is 5.91 Å². The van der Waals surface area contributed by atoms with Crippen LogP contribution in [0, 0.1) is 5.92 Å². The number of hydrogen-bond donors (Lipinski definition) is 1. The molecule has 3 rings (SSSR count). The number of guanidine groups is 1. The number of nitrogens with two attached hydrogens (primary N) is 1. The Morgan fingerprint density at radius 1 is 1.42 bits per heavy atom. The van der Waals surface area contributed by atoms with Crippen LogP contribution in [0.4, 0.5) is 0 Å². The Hall–Kier alpha value is -1.32. The first-order valence-corrected chi connectivity index (χ1v) is 9.02. The lowest BCUT2D eigenvalue weighted by Gasteiger charge is -2.38. The van der Waals surface area contributed by atoms with Crippen molar-refractivity contribution < 1.29 is 4.79 Å². The first kappa shape index (κ1) is 21.0. The molecule has 0 spiro atoms. The average molecular weight is 474 g/mol. The minimum atomic E-state index is -0.244. The van der Waals surface area contributed by atoms with E-state index in [2.05, 4.69) is 35.8 Å². The normalized spacial score (nSPS) is 24.0. The topological polar surface area (TPSA) is 79.8 Å². The number of halogens is 1. The van der Waals surface area contributed by atoms with E-state index in [4.69, 9.17) is 5.73 Å². The fourth-order valence-electron chi connectivity index (χ4n) is 3.74. The van der Waals surface area contributed by atoms with Crippen LogP contribution in [0.1, 0.15) is 51.6 Å². The number of hydrogen-bond acceptors (Lipinski definition) is 3. The molecule has 2 fully saturated rings. The number of rotatable bonds is 4. The van der Waals surface area contributed by atoms with E-state index >= 15 is 0 Å². The van der Waals surface area contributed by atoms with Gasteiger partial charge in [-0.25, -0.2) is 0 Å². The van der Waals surface area contributed by atoms with Crippen LogP contribution in [0.5, 0.6) is 0 Å². The van der Waals surface area contributed by atoms with Gasteiger partial charge in [0.25, 0.3) is 0 Å². The predicted molar refractivity (Wildman–Crippen MR) is 113 cm³/mol. The van der Waals surface area contributed by atoms with Crippen LogP contribution in [0.2, 0.25) is 0 Å². The Labute approximate surface area is 173 Å². The molecule has 8 heteroatoms. The van der Waals surface area contributed by atoms with Crippen molar-refractivity contribution in [3.8, 4) is 0 Å². The van der Waals surface area contributed by atoms with Crippen LogP contribution in [0.25, 0.3) is 0 Å². The number of carbonyl (C=O) groups excluding carboxylic acids is 1. The third-order valence-electron chi connectivity index (χ3n) is 5.16. The van der Waals surface area contributed by atoms with Gasteiger partial charge in [0.05, 0.1) is 12.2 Å². The molecule has 2 aliphatic rings. The third kappa shape index (κ3) is 4.32. The lowest BCUT2D eigenvalue weighted by Crippen LogP contribution is -2.44. The van der Waals surface area contributed by atoms with Crippen molar-refractivity contribution in [1.82, 2.24) is 19.6 Å². The zero-order valence-corrected chi connectivity index (χ0v) is 18.7. The van der Waals surface area contributed by atoms with Crippen molar-refractivity contribution in [3.63, 3.8) is 0 Å². The van der Waals surface area contributed by atoms with E-state index in [1.165, 1.54) is 12.8 Å². The van der Waals surface area contributed by atoms with Crippen molar-refractivity contribution in [2.45, 2.75) is 57.7 Å². The number of aromatic nitrogens is 2. The van der Waals surface area contributed by atoms with Crippen LogP contribution >= 0.6 is 24.0 Å². The van der Waals surface area contributed by atoms with E-state index < -0.39 is 0 Å². The summed E-state index contributed by atoms with van der Waals surface area (Å²) < 4.78 is 1.79. The monoisotopic (exact) mass is 474 g/mol. The van der Waals surface area contributed by atoms with Gasteiger partial charge in [-0.2, -0.15) is 5.10 Å². The minimum absolute atomic E-state index is 0. The summed E-state index contributed by atoms with van der Waals surface area (Å²) in [7, 11) is 3.90. The van der Waals surface area contributed by atoms with E-state index in [0.29, 0.717) is 25.0 Å². The Kier molecular flexibility index (Phi) is 6.24. The standard InChI is InChI=1S/C18H30N6O.HI/c1-18(2,3)24-15(25)8-12(16(24)13-10-21-22(4)11-13)9-20-17(19)23(5)14-6-7-14;/h10-12,14,16H,6-9H2,1-5H3,(H2,19,20);1H/t12-,16+;/m0./s1. The summed E-state index contributed by atoms with van der Waals surface area (Å²) >= 11 is 0. The Morgan fingerprint density at radius 2 is 2.08 bits per heavy atom.